The number of rotatable bonds is 11. The summed E-state index contributed by atoms with van der Waals surface area (Å²) in [4.78, 5) is 0. The van der Waals surface area contributed by atoms with E-state index < -0.39 is 0 Å². The zero-order valence-corrected chi connectivity index (χ0v) is 18.7. The van der Waals surface area contributed by atoms with Crippen molar-refractivity contribution in [1.29, 1.82) is 0 Å². The van der Waals surface area contributed by atoms with E-state index in [4.69, 9.17) is 4.74 Å². The van der Waals surface area contributed by atoms with Crippen LogP contribution in [0.2, 0.25) is 0 Å². The van der Waals surface area contributed by atoms with Gasteiger partial charge in [0, 0.05) is 0 Å². The fourth-order valence-electron chi connectivity index (χ4n) is 4.58. The van der Waals surface area contributed by atoms with Crippen LogP contribution in [0.5, 0.6) is 0 Å². The Morgan fingerprint density at radius 1 is 0.900 bits per heavy atom. The molecular formula is C29H38O. The van der Waals surface area contributed by atoms with E-state index in [0.717, 1.165) is 24.9 Å². The van der Waals surface area contributed by atoms with Crippen LogP contribution in [0.1, 0.15) is 75.3 Å². The summed E-state index contributed by atoms with van der Waals surface area (Å²) in [7, 11) is 0. The second-order valence-electron chi connectivity index (χ2n) is 8.67. The fraction of sp³-hybridized carbons (Fsp3) is 0.448. The Kier molecular flexibility index (Phi) is 9.44. The van der Waals surface area contributed by atoms with Crippen LogP contribution >= 0.6 is 0 Å². The van der Waals surface area contributed by atoms with Crippen LogP contribution in [0.15, 0.2) is 73.3 Å². The molecule has 0 spiro atoms. The predicted octanol–water partition coefficient (Wildman–Crippen LogP) is 8.47. The summed E-state index contributed by atoms with van der Waals surface area (Å²) in [5.74, 6) is 1.68. The highest BCUT2D eigenvalue weighted by atomic mass is 16.5. The van der Waals surface area contributed by atoms with E-state index in [9.17, 15) is 0 Å². The van der Waals surface area contributed by atoms with Gasteiger partial charge in [0.2, 0.25) is 0 Å². The molecule has 1 heteroatoms. The molecule has 0 aliphatic heterocycles. The minimum absolute atomic E-state index is 0.688. The highest BCUT2D eigenvalue weighted by Crippen LogP contribution is 2.38. The Hall–Kier alpha value is -2.12. The van der Waals surface area contributed by atoms with Gasteiger partial charge in [0.25, 0.3) is 0 Å². The van der Waals surface area contributed by atoms with E-state index in [1.165, 1.54) is 67.2 Å². The number of allylic oxidation sites excluding steroid dienone is 2. The molecule has 0 N–H and O–H groups in total. The third kappa shape index (κ3) is 6.99. The summed E-state index contributed by atoms with van der Waals surface area (Å²) >= 11 is 0. The third-order valence-corrected chi connectivity index (χ3v) is 6.47. The average Bonchev–Trinajstić information content (AvgIpc) is 2.80. The number of unbranched alkanes of at least 4 members (excludes halogenated alkanes) is 1. The van der Waals surface area contributed by atoms with Crippen LogP contribution in [0.4, 0.5) is 0 Å². The molecule has 160 valence electrons. The Morgan fingerprint density at radius 2 is 1.57 bits per heavy atom. The molecule has 0 radical (unpaired) electrons. The molecule has 1 fully saturated rings. The minimum atomic E-state index is 0.688. The minimum Gasteiger partial charge on any atom is -0.376 e. The SMILES string of the molecule is C=CCCC[C@H]1CC[C@H](c2ccc(-c3ccc(COCC/C=C/C)cc3)cc2)CC1. The maximum atomic E-state index is 5.73. The molecule has 1 aliphatic carbocycles. The molecular weight excluding hydrogens is 364 g/mol. The third-order valence-electron chi connectivity index (χ3n) is 6.47. The summed E-state index contributed by atoms with van der Waals surface area (Å²) < 4.78 is 5.73. The second-order valence-corrected chi connectivity index (χ2v) is 8.67. The van der Waals surface area contributed by atoms with Gasteiger partial charge in [-0.15, -0.1) is 6.58 Å². The number of benzene rings is 2. The molecule has 0 bridgehead atoms. The summed E-state index contributed by atoms with van der Waals surface area (Å²) in [5.41, 5.74) is 5.35. The van der Waals surface area contributed by atoms with Crippen LogP contribution in [-0.4, -0.2) is 6.61 Å². The first kappa shape index (κ1) is 22.6. The Balaban J connectivity index is 1.48. The molecule has 1 nitrogen and oxygen atoms in total. The summed E-state index contributed by atoms with van der Waals surface area (Å²) in [6, 6.07) is 18.1. The van der Waals surface area contributed by atoms with Crippen LogP contribution in [0.25, 0.3) is 11.1 Å². The molecule has 1 aliphatic rings. The largest absolute Gasteiger partial charge is 0.376 e. The zero-order valence-electron chi connectivity index (χ0n) is 18.7. The van der Waals surface area contributed by atoms with E-state index in [-0.39, 0.29) is 0 Å². The molecule has 0 saturated heterocycles. The van der Waals surface area contributed by atoms with Crippen molar-refractivity contribution in [2.75, 3.05) is 6.61 Å². The molecule has 0 amide bonds. The van der Waals surface area contributed by atoms with Gasteiger partial charge in [-0.1, -0.05) is 73.2 Å². The quantitative estimate of drug-likeness (QED) is 0.270. The van der Waals surface area contributed by atoms with E-state index in [2.05, 4.69) is 73.3 Å². The van der Waals surface area contributed by atoms with Gasteiger partial charge in [0.05, 0.1) is 13.2 Å². The lowest BCUT2D eigenvalue weighted by Gasteiger charge is -2.29. The van der Waals surface area contributed by atoms with Crippen LogP contribution in [0.3, 0.4) is 0 Å². The molecule has 0 atom stereocenters. The van der Waals surface area contributed by atoms with Gasteiger partial charge in [-0.25, -0.2) is 0 Å². The van der Waals surface area contributed by atoms with Crippen molar-refractivity contribution < 1.29 is 4.74 Å². The first-order valence-corrected chi connectivity index (χ1v) is 11.8. The molecule has 0 heterocycles. The Morgan fingerprint density at radius 3 is 2.20 bits per heavy atom. The van der Waals surface area contributed by atoms with Crippen LogP contribution in [-0.2, 0) is 11.3 Å². The lowest BCUT2D eigenvalue weighted by molar-refractivity contribution is 0.125. The molecule has 0 aromatic heterocycles. The topological polar surface area (TPSA) is 9.23 Å². The average molecular weight is 403 g/mol. The van der Waals surface area contributed by atoms with Gasteiger partial charge in [-0.3, -0.25) is 0 Å². The fourth-order valence-corrected chi connectivity index (χ4v) is 4.58. The lowest BCUT2D eigenvalue weighted by atomic mass is 9.77. The van der Waals surface area contributed by atoms with E-state index in [0.29, 0.717) is 6.61 Å². The predicted molar refractivity (Wildman–Crippen MR) is 130 cm³/mol. The molecule has 3 rings (SSSR count). The highest BCUT2D eigenvalue weighted by molar-refractivity contribution is 5.64. The monoisotopic (exact) mass is 402 g/mol. The molecule has 1 saturated carbocycles. The molecule has 0 unspecified atom stereocenters. The van der Waals surface area contributed by atoms with Gasteiger partial charge in [0.1, 0.15) is 0 Å². The first-order valence-electron chi connectivity index (χ1n) is 11.8. The van der Waals surface area contributed by atoms with E-state index in [1.807, 2.05) is 6.92 Å². The maximum Gasteiger partial charge on any atom is 0.0717 e. The van der Waals surface area contributed by atoms with Crippen molar-refractivity contribution in [3.8, 4) is 11.1 Å². The number of hydrogen-bond donors (Lipinski definition) is 0. The van der Waals surface area contributed by atoms with Gasteiger partial charge in [-0.05, 0) is 86.0 Å². The van der Waals surface area contributed by atoms with Crippen molar-refractivity contribution >= 4 is 0 Å². The van der Waals surface area contributed by atoms with Crippen molar-refractivity contribution in [3.63, 3.8) is 0 Å². The van der Waals surface area contributed by atoms with Crippen LogP contribution in [0, 0.1) is 5.92 Å². The van der Waals surface area contributed by atoms with Gasteiger partial charge >= 0.3 is 0 Å². The van der Waals surface area contributed by atoms with Crippen molar-refractivity contribution in [2.24, 2.45) is 5.92 Å². The molecule has 30 heavy (non-hydrogen) atoms. The summed E-state index contributed by atoms with van der Waals surface area (Å²) in [6.07, 6.45) is 16.6. The Labute approximate surface area is 183 Å². The lowest BCUT2D eigenvalue weighted by Crippen LogP contribution is -2.13. The second kappa shape index (κ2) is 12.5. The summed E-state index contributed by atoms with van der Waals surface area (Å²) in [5, 5.41) is 0. The first-order chi connectivity index (χ1) is 14.8. The van der Waals surface area contributed by atoms with E-state index >= 15 is 0 Å². The van der Waals surface area contributed by atoms with Crippen molar-refractivity contribution in [2.45, 2.75) is 70.8 Å². The molecule has 2 aromatic rings. The van der Waals surface area contributed by atoms with Crippen molar-refractivity contribution in [3.05, 3.63) is 84.5 Å². The van der Waals surface area contributed by atoms with Crippen molar-refractivity contribution in [1.82, 2.24) is 0 Å². The maximum absolute atomic E-state index is 5.73. The standard InChI is InChI=1S/C29H38O/c1-3-5-7-9-24-10-14-26(15-11-24)28-18-20-29(21-19-28)27-16-12-25(13-17-27)23-30-22-8-6-4-2/h3-4,6,12-13,16-21,24,26H,1,5,7-11,14-15,22-23H2,2H3/b6-4+/t24-,26-. The zero-order chi connectivity index (χ0) is 21.0. The number of hydrogen-bond acceptors (Lipinski definition) is 1. The van der Waals surface area contributed by atoms with E-state index in [1.54, 1.807) is 0 Å². The van der Waals surface area contributed by atoms with Crippen LogP contribution < -0.4 is 0 Å². The summed E-state index contributed by atoms with van der Waals surface area (Å²) in [6.45, 7) is 7.36. The Bertz CT molecular complexity index is 761. The normalized spacial score (nSPS) is 19.2. The highest BCUT2D eigenvalue weighted by Gasteiger charge is 2.21. The molecule has 2 aromatic carbocycles. The van der Waals surface area contributed by atoms with Gasteiger partial charge in [0.15, 0.2) is 0 Å². The van der Waals surface area contributed by atoms with Gasteiger partial charge in [-0.2, -0.15) is 0 Å². The number of ether oxygens (including phenoxy) is 1. The smallest absolute Gasteiger partial charge is 0.0717 e. The van der Waals surface area contributed by atoms with Gasteiger partial charge < -0.3 is 4.74 Å².